The second kappa shape index (κ2) is 8.02. The average molecular weight is 270 g/mol. The summed E-state index contributed by atoms with van der Waals surface area (Å²) >= 11 is 0. The molecule has 1 aliphatic carbocycles. The molecule has 5 heteroatoms. The number of carboxylic acids is 1. The number of amides is 2. The van der Waals surface area contributed by atoms with Crippen LogP contribution in [0.4, 0.5) is 4.79 Å². The van der Waals surface area contributed by atoms with Crippen molar-refractivity contribution in [3.63, 3.8) is 0 Å². The van der Waals surface area contributed by atoms with Gasteiger partial charge in [-0.2, -0.15) is 0 Å². The van der Waals surface area contributed by atoms with Crippen LogP contribution in [0.25, 0.3) is 0 Å². The first-order chi connectivity index (χ1) is 9.02. The van der Waals surface area contributed by atoms with E-state index in [1.165, 1.54) is 19.3 Å². The summed E-state index contributed by atoms with van der Waals surface area (Å²) in [5.74, 6) is -0.0803. The van der Waals surface area contributed by atoms with Crippen LogP contribution in [0.2, 0.25) is 0 Å². The van der Waals surface area contributed by atoms with E-state index in [0.29, 0.717) is 13.0 Å². The van der Waals surface area contributed by atoms with Crippen LogP contribution in [-0.2, 0) is 4.79 Å². The summed E-state index contributed by atoms with van der Waals surface area (Å²) in [7, 11) is 1.72. The van der Waals surface area contributed by atoms with Gasteiger partial charge in [0.25, 0.3) is 0 Å². The summed E-state index contributed by atoms with van der Waals surface area (Å²) in [6.45, 7) is 2.69. The lowest BCUT2D eigenvalue weighted by molar-refractivity contribution is -0.137. The zero-order chi connectivity index (χ0) is 14.3. The Morgan fingerprint density at radius 2 is 2.11 bits per heavy atom. The van der Waals surface area contributed by atoms with E-state index in [4.69, 9.17) is 5.11 Å². The third-order valence-electron chi connectivity index (χ3n) is 3.92. The highest BCUT2D eigenvalue weighted by Crippen LogP contribution is 2.26. The summed E-state index contributed by atoms with van der Waals surface area (Å²) < 4.78 is 0. The van der Waals surface area contributed by atoms with E-state index in [-0.39, 0.29) is 18.5 Å². The Hall–Kier alpha value is -1.26. The summed E-state index contributed by atoms with van der Waals surface area (Å²) in [6.07, 6.45) is 6.39. The van der Waals surface area contributed by atoms with Gasteiger partial charge in [0.2, 0.25) is 0 Å². The van der Waals surface area contributed by atoms with Gasteiger partial charge in [-0.15, -0.1) is 0 Å². The largest absolute Gasteiger partial charge is 0.481 e. The smallest absolute Gasteiger partial charge is 0.317 e. The molecular weight excluding hydrogens is 244 g/mol. The molecule has 0 aromatic rings. The number of rotatable bonds is 6. The van der Waals surface area contributed by atoms with Gasteiger partial charge in [0.15, 0.2) is 0 Å². The molecule has 1 saturated carbocycles. The topological polar surface area (TPSA) is 69.6 Å². The molecule has 0 radical (unpaired) electrons. The molecule has 5 nitrogen and oxygen atoms in total. The molecule has 110 valence electrons. The van der Waals surface area contributed by atoms with Crippen molar-refractivity contribution >= 4 is 12.0 Å². The number of carbonyl (C=O) groups is 2. The second-order valence-corrected chi connectivity index (χ2v) is 5.51. The highest BCUT2D eigenvalue weighted by molar-refractivity contribution is 5.74. The Balaban J connectivity index is 2.26. The fraction of sp³-hybridized carbons (Fsp3) is 0.857. The molecule has 2 amide bonds. The molecule has 0 bridgehead atoms. The van der Waals surface area contributed by atoms with Gasteiger partial charge in [-0.3, -0.25) is 4.79 Å². The Bertz CT molecular complexity index is 307. The molecule has 2 unspecified atom stereocenters. The van der Waals surface area contributed by atoms with Gasteiger partial charge >= 0.3 is 12.0 Å². The van der Waals surface area contributed by atoms with Crippen molar-refractivity contribution in [1.29, 1.82) is 0 Å². The van der Waals surface area contributed by atoms with E-state index < -0.39 is 5.97 Å². The zero-order valence-corrected chi connectivity index (χ0v) is 12.0. The molecule has 19 heavy (non-hydrogen) atoms. The van der Waals surface area contributed by atoms with Crippen molar-refractivity contribution < 1.29 is 14.7 Å². The van der Waals surface area contributed by atoms with Crippen LogP contribution in [0.3, 0.4) is 0 Å². The lowest BCUT2D eigenvalue weighted by Gasteiger charge is -2.30. The van der Waals surface area contributed by atoms with Gasteiger partial charge in [-0.25, -0.2) is 4.79 Å². The van der Waals surface area contributed by atoms with Crippen LogP contribution in [0, 0.1) is 5.92 Å². The van der Waals surface area contributed by atoms with Crippen molar-refractivity contribution in [3.05, 3.63) is 0 Å². The Labute approximate surface area is 115 Å². The average Bonchev–Trinajstić information content (AvgIpc) is 2.38. The van der Waals surface area contributed by atoms with Gasteiger partial charge in [0.1, 0.15) is 0 Å². The Morgan fingerprint density at radius 1 is 1.37 bits per heavy atom. The molecule has 0 aliphatic heterocycles. The molecule has 0 aromatic carbocycles. The predicted molar refractivity (Wildman–Crippen MR) is 74.1 cm³/mol. The van der Waals surface area contributed by atoms with E-state index in [9.17, 15) is 9.59 Å². The number of hydrogen-bond acceptors (Lipinski definition) is 2. The molecule has 0 aromatic heterocycles. The maximum Gasteiger partial charge on any atom is 0.317 e. The minimum absolute atomic E-state index is 0.0767. The summed E-state index contributed by atoms with van der Waals surface area (Å²) in [6, 6.07) is 0.209. The van der Waals surface area contributed by atoms with E-state index in [1.54, 1.807) is 11.9 Å². The maximum atomic E-state index is 11.9. The lowest BCUT2D eigenvalue weighted by Crippen LogP contribution is -2.45. The number of urea groups is 1. The quantitative estimate of drug-likeness (QED) is 0.779. The summed E-state index contributed by atoms with van der Waals surface area (Å²) in [4.78, 5) is 23.9. The number of aliphatic carboxylic acids is 1. The minimum Gasteiger partial charge on any atom is -0.481 e. The van der Waals surface area contributed by atoms with Crippen LogP contribution in [0.5, 0.6) is 0 Å². The van der Waals surface area contributed by atoms with E-state index in [2.05, 4.69) is 12.2 Å². The number of carboxylic acid groups (broad SMARTS) is 1. The molecule has 0 heterocycles. The van der Waals surface area contributed by atoms with Crippen molar-refractivity contribution in [2.75, 3.05) is 13.6 Å². The molecule has 1 aliphatic rings. The van der Waals surface area contributed by atoms with Crippen LogP contribution < -0.4 is 5.32 Å². The SMILES string of the molecule is CCC1CCCC(NC(=O)N(C)CCCC(=O)O)C1. The predicted octanol–water partition coefficient (Wildman–Crippen LogP) is 2.46. The molecule has 1 fully saturated rings. The minimum atomic E-state index is -0.813. The van der Waals surface area contributed by atoms with Crippen molar-refractivity contribution in [2.45, 2.75) is 57.9 Å². The highest BCUT2D eigenvalue weighted by atomic mass is 16.4. The van der Waals surface area contributed by atoms with Crippen LogP contribution in [0.15, 0.2) is 0 Å². The first kappa shape index (κ1) is 15.8. The summed E-state index contributed by atoms with van der Waals surface area (Å²) in [5.41, 5.74) is 0. The normalized spacial score (nSPS) is 22.8. The van der Waals surface area contributed by atoms with Crippen molar-refractivity contribution in [1.82, 2.24) is 10.2 Å². The standard InChI is InChI=1S/C14H26N2O3/c1-3-11-6-4-7-12(10-11)15-14(19)16(2)9-5-8-13(17)18/h11-12H,3-10H2,1-2H3,(H,15,19)(H,17,18). The Morgan fingerprint density at radius 3 is 2.74 bits per heavy atom. The monoisotopic (exact) mass is 270 g/mol. The van der Waals surface area contributed by atoms with Crippen LogP contribution in [-0.4, -0.2) is 41.6 Å². The van der Waals surface area contributed by atoms with E-state index in [0.717, 1.165) is 18.8 Å². The fourth-order valence-electron chi connectivity index (χ4n) is 2.65. The van der Waals surface area contributed by atoms with E-state index in [1.807, 2.05) is 0 Å². The van der Waals surface area contributed by atoms with Gasteiger partial charge in [0, 0.05) is 26.1 Å². The zero-order valence-electron chi connectivity index (χ0n) is 12.0. The third kappa shape index (κ3) is 5.94. The number of hydrogen-bond donors (Lipinski definition) is 2. The fourth-order valence-corrected chi connectivity index (χ4v) is 2.65. The number of carbonyl (C=O) groups excluding carboxylic acids is 1. The van der Waals surface area contributed by atoms with E-state index >= 15 is 0 Å². The maximum absolute atomic E-state index is 11.9. The molecule has 0 saturated heterocycles. The third-order valence-corrected chi connectivity index (χ3v) is 3.92. The number of nitrogens with zero attached hydrogens (tertiary/aromatic N) is 1. The van der Waals surface area contributed by atoms with Gasteiger partial charge in [-0.05, 0) is 25.2 Å². The lowest BCUT2D eigenvalue weighted by atomic mass is 9.84. The molecule has 1 rings (SSSR count). The highest BCUT2D eigenvalue weighted by Gasteiger charge is 2.23. The first-order valence-electron chi connectivity index (χ1n) is 7.26. The van der Waals surface area contributed by atoms with Crippen molar-refractivity contribution in [2.24, 2.45) is 5.92 Å². The van der Waals surface area contributed by atoms with Crippen molar-refractivity contribution in [3.8, 4) is 0 Å². The van der Waals surface area contributed by atoms with Gasteiger partial charge in [-0.1, -0.05) is 26.2 Å². The molecule has 2 atom stereocenters. The van der Waals surface area contributed by atoms with Gasteiger partial charge in [0.05, 0.1) is 0 Å². The number of nitrogens with one attached hydrogen (secondary N) is 1. The van der Waals surface area contributed by atoms with Gasteiger partial charge < -0.3 is 15.3 Å². The first-order valence-corrected chi connectivity index (χ1v) is 7.26. The summed E-state index contributed by atoms with van der Waals surface area (Å²) in [5, 5.41) is 11.6. The second-order valence-electron chi connectivity index (χ2n) is 5.51. The molecule has 2 N–H and O–H groups in total. The molecular formula is C14H26N2O3. The molecule has 0 spiro atoms. The van der Waals surface area contributed by atoms with Crippen LogP contribution in [0.1, 0.15) is 51.9 Å². The Kier molecular flexibility index (Phi) is 6.67. The van der Waals surface area contributed by atoms with Crippen LogP contribution >= 0.6 is 0 Å².